The third-order valence-electron chi connectivity index (χ3n) is 2.14. The first kappa shape index (κ1) is 10.3. The first-order chi connectivity index (χ1) is 6.24. The van der Waals surface area contributed by atoms with Crippen LogP contribution in [-0.4, -0.2) is 17.7 Å². The molecule has 74 valence electrons. The highest BCUT2D eigenvalue weighted by atomic mass is 16.4. The number of aliphatic hydroxyl groups is 1. The van der Waals surface area contributed by atoms with Gasteiger partial charge in [-0.3, -0.25) is 0 Å². The van der Waals surface area contributed by atoms with Crippen LogP contribution in [0.15, 0.2) is 22.8 Å². The third-order valence-corrected chi connectivity index (χ3v) is 2.14. The summed E-state index contributed by atoms with van der Waals surface area (Å²) in [6.07, 6.45) is 2.09. The lowest BCUT2D eigenvalue weighted by atomic mass is 10.2. The summed E-state index contributed by atoms with van der Waals surface area (Å²) in [7, 11) is 0. The molecule has 1 aromatic heterocycles. The molecule has 0 amide bonds. The van der Waals surface area contributed by atoms with Crippen LogP contribution in [0, 0.1) is 0 Å². The molecular formula is C10H17NO2. The standard InChI is InChI=1S/C10H17NO2/c1-3-8(2)11-7-9(12)10-5-4-6-13-10/h4-6,8-9,11-12H,3,7H2,1-2H3. The average molecular weight is 183 g/mol. The molecule has 0 aliphatic carbocycles. The summed E-state index contributed by atoms with van der Waals surface area (Å²) < 4.78 is 5.07. The lowest BCUT2D eigenvalue weighted by Gasteiger charge is -2.13. The van der Waals surface area contributed by atoms with Crippen molar-refractivity contribution in [3.63, 3.8) is 0 Å². The van der Waals surface area contributed by atoms with E-state index in [1.807, 2.05) is 0 Å². The second-order valence-corrected chi connectivity index (χ2v) is 3.25. The van der Waals surface area contributed by atoms with E-state index in [2.05, 4.69) is 19.2 Å². The molecule has 2 unspecified atom stereocenters. The van der Waals surface area contributed by atoms with Crippen LogP contribution in [0.25, 0.3) is 0 Å². The summed E-state index contributed by atoms with van der Waals surface area (Å²) in [5.41, 5.74) is 0. The maximum atomic E-state index is 9.60. The molecule has 1 heterocycles. The molecule has 0 radical (unpaired) electrons. The second kappa shape index (κ2) is 5.04. The van der Waals surface area contributed by atoms with Gasteiger partial charge in [-0.25, -0.2) is 0 Å². The predicted octanol–water partition coefficient (Wildman–Crippen LogP) is 1.70. The van der Waals surface area contributed by atoms with Crippen LogP contribution in [0.3, 0.4) is 0 Å². The Balaban J connectivity index is 2.30. The zero-order chi connectivity index (χ0) is 9.68. The summed E-state index contributed by atoms with van der Waals surface area (Å²) >= 11 is 0. The van der Waals surface area contributed by atoms with Gasteiger partial charge < -0.3 is 14.8 Å². The van der Waals surface area contributed by atoms with Gasteiger partial charge in [0.25, 0.3) is 0 Å². The second-order valence-electron chi connectivity index (χ2n) is 3.25. The summed E-state index contributed by atoms with van der Waals surface area (Å²) in [6, 6.07) is 4.00. The van der Waals surface area contributed by atoms with Crippen LogP contribution in [0.2, 0.25) is 0 Å². The topological polar surface area (TPSA) is 45.4 Å². The molecule has 3 nitrogen and oxygen atoms in total. The minimum atomic E-state index is -0.538. The molecule has 0 spiro atoms. The van der Waals surface area contributed by atoms with Gasteiger partial charge in [0, 0.05) is 12.6 Å². The van der Waals surface area contributed by atoms with Crippen LogP contribution < -0.4 is 5.32 Å². The Morgan fingerprint density at radius 2 is 2.38 bits per heavy atom. The highest BCUT2D eigenvalue weighted by molar-refractivity contribution is 5.02. The number of rotatable bonds is 5. The molecular weight excluding hydrogens is 166 g/mol. The van der Waals surface area contributed by atoms with Crippen molar-refractivity contribution in [2.45, 2.75) is 32.4 Å². The van der Waals surface area contributed by atoms with E-state index in [0.29, 0.717) is 18.3 Å². The van der Waals surface area contributed by atoms with E-state index in [1.165, 1.54) is 0 Å². The van der Waals surface area contributed by atoms with Crippen molar-refractivity contribution in [3.05, 3.63) is 24.2 Å². The minimum Gasteiger partial charge on any atom is -0.467 e. The minimum absolute atomic E-state index is 0.435. The molecule has 13 heavy (non-hydrogen) atoms. The number of hydrogen-bond donors (Lipinski definition) is 2. The van der Waals surface area contributed by atoms with Gasteiger partial charge in [-0.2, -0.15) is 0 Å². The molecule has 0 aliphatic heterocycles. The van der Waals surface area contributed by atoms with Gasteiger partial charge in [0.15, 0.2) is 0 Å². The van der Waals surface area contributed by atoms with Gasteiger partial charge >= 0.3 is 0 Å². The molecule has 1 aromatic rings. The zero-order valence-corrected chi connectivity index (χ0v) is 8.16. The Morgan fingerprint density at radius 3 is 2.92 bits per heavy atom. The normalized spacial score (nSPS) is 15.6. The van der Waals surface area contributed by atoms with Gasteiger partial charge in [0.2, 0.25) is 0 Å². The fourth-order valence-corrected chi connectivity index (χ4v) is 1.04. The van der Waals surface area contributed by atoms with E-state index in [4.69, 9.17) is 4.42 Å². The summed E-state index contributed by atoms with van der Waals surface area (Å²) in [6.45, 7) is 4.74. The fraction of sp³-hybridized carbons (Fsp3) is 0.600. The van der Waals surface area contributed by atoms with Gasteiger partial charge in [-0.05, 0) is 25.5 Å². The van der Waals surface area contributed by atoms with Crippen LogP contribution >= 0.6 is 0 Å². The predicted molar refractivity (Wildman–Crippen MR) is 51.4 cm³/mol. The highest BCUT2D eigenvalue weighted by Crippen LogP contribution is 2.11. The van der Waals surface area contributed by atoms with E-state index in [1.54, 1.807) is 18.4 Å². The molecule has 0 fully saturated rings. The third kappa shape index (κ3) is 3.20. The van der Waals surface area contributed by atoms with E-state index >= 15 is 0 Å². The van der Waals surface area contributed by atoms with E-state index < -0.39 is 6.10 Å². The molecule has 3 heteroatoms. The van der Waals surface area contributed by atoms with Crippen LogP contribution in [0.1, 0.15) is 32.1 Å². The highest BCUT2D eigenvalue weighted by Gasteiger charge is 2.10. The lowest BCUT2D eigenvalue weighted by Crippen LogP contribution is -2.29. The number of furan rings is 1. The quantitative estimate of drug-likeness (QED) is 0.730. The van der Waals surface area contributed by atoms with Crippen molar-refractivity contribution in [2.75, 3.05) is 6.54 Å². The zero-order valence-electron chi connectivity index (χ0n) is 8.16. The molecule has 2 N–H and O–H groups in total. The molecule has 0 saturated heterocycles. The van der Waals surface area contributed by atoms with Gasteiger partial charge in [-0.1, -0.05) is 6.92 Å². The number of hydrogen-bond acceptors (Lipinski definition) is 3. The largest absolute Gasteiger partial charge is 0.467 e. The van der Waals surface area contributed by atoms with E-state index in [9.17, 15) is 5.11 Å². The fourth-order valence-electron chi connectivity index (χ4n) is 1.04. The van der Waals surface area contributed by atoms with E-state index in [0.717, 1.165) is 6.42 Å². The van der Waals surface area contributed by atoms with Crippen molar-refractivity contribution in [2.24, 2.45) is 0 Å². The Hall–Kier alpha value is -0.800. The Labute approximate surface area is 78.8 Å². The SMILES string of the molecule is CCC(C)NCC(O)c1ccco1. The van der Waals surface area contributed by atoms with Gasteiger partial charge in [0.05, 0.1) is 6.26 Å². The molecule has 0 aliphatic rings. The van der Waals surface area contributed by atoms with Crippen LogP contribution in [0.4, 0.5) is 0 Å². The maximum Gasteiger partial charge on any atom is 0.133 e. The average Bonchev–Trinajstić information content (AvgIpc) is 2.66. The monoisotopic (exact) mass is 183 g/mol. The molecule has 0 saturated carbocycles. The van der Waals surface area contributed by atoms with Crippen molar-refractivity contribution < 1.29 is 9.52 Å². The lowest BCUT2D eigenvalue weighted by molar-refractivity contribution is 0.144. The first-order valence-corrected chi connectivity index (χ1v) is 4.69. The molecule has 0 aromatic carbocycles. The van der Waals surface area contributed by atoms with Crippen molar-refractivity contribution in [3.8, 4) is 0 Å². The summed E-state index contributed by atoms with van der Waals surface area (Å²) in [5, 5.41) is 12.8. The first-order valence-electron chi connectivity index (χ1n) is 4.69. The van der Waals surface area contributed by atoms with Crippen molar-refractivity contribution in [1.29, 1.82) is 0 Å². The van der Waals surface area contributed by atoms with Crippen molar-refractivity contribution in [1.82, 2.24) is 5.32 Å². The van der Waals surface area contributed by atoms with Gasteiger partial charge in [0.1, 0.15) is 11.9 Å². The molecule has 2 atom stereocenters. The van der Waals surface area contributed by atoms with Crippen LogP contribution in [0.5, 0.6) is 0 Å². The smallest absolute Gasteiger partial charge is 0.133 e. The maximum absolute atomic E-state index is 9.60. The summed E-state index contributed by atoms with van der Waals surface area (Å²) in [4.78, 5) is 0. The molecule has 1 rings (SSSR count). The van der Waals surface area contributed by atoms with Crippen molar-refractivity contribution >= 4 is 0 Å². The Morgan fingerprint density at radius 1 is 1.62 bits per heavy atom. The van der Waals surface area contributed by atoms with E-state index in [-0.39, 0.29) is 0 Å². The summed E-state index contributed by atoms with van der Waals surface area (Å²) in [5.74, 6) is 0.621. The van der Waals surface area contributed by atoms with Crippen LogP contribution in [-0.2, 0) is 0 Å². The Kier molecular flexibility index (Phi) is 3.99. The molecule has 0 bridgehead atoms. The Bertz CT molecular complexity index is 221. The number of nitrogens with one attached hydrogen (secondary N) is 1. The van der Waals surface area contributed by atoms with Gasteiger partial charge in [-0.15, -0.1) is 0 Å². The number of aliphatic hydroxyl groups excluding tert-OH is 1.